The molecule has 3 N–H and O–H groups in total. The number of carboxylic acids is 1. The number of fused-ring (bicyclic) bond motifs is 3. The predicted molar refractivity (Wildman–Crippen MR) is 150 cm³/mol. The molecule has 0 aromatic heterocycles. The van der Waals surface area contributed by atoms with E-state index in [-0.39, 0.29) is 30.7 Å². The van der Waals surface area contributed by atoms with Gasteiger partial charge in [0, 0.05) is 24.0 Å². The number of aliphatic hydroxyl groups excluding tert-OH is 1. The van der Waals surface area contributed by atoms with Crippen LogP contribution in [-0.4, -0.2) is 49.8 Å². The normalized spacial score (nSPS) is 21.2. The van der Waals surface area contributed by atoms with Crippen LogP contribution in [0.1, 0.15) is 80.4 Å². The lowest BCUT2D eigenvalue weighted by Gasteiger charge is -2.41. The van der Waals surface area contributed by atoms with Gasteiger partial charge in [-0.1, -0.05) is 53.6 Å². The van der Waals surface area contributed by atoms with Crippen LogP contribution in [0.2, 0.25) is 0 Å². The summed E-state index contributed by atoms with van der Waals surface area (Å²) in [5.74, 6) is -1.27. The summed E-state index contributed by atoms with van der Waals surface area (Å²) in [7, 11) is 0. The number of carboxylic acid groups (broad SMARTS) is 1. The maximum Gasteiger partial charge on any atom is 0.326 e. The number of ether oxygens (including phenoxy) is 1. The summed E-state index contributed by atoms with van der Waals surface area (Å²) < 4.78 is 6.43. The number of benzene rings is 2. The maximum absolute atomic E-state index is 13.4. The fraction of sp³-hybridized carbons (Fsp3) is 0.438. The Balaban J connectivity index is 1.56. The van der Waals surface area contributed by atoms with E-state index in [1.54, 1.807) is 0 Å². The molecular weight excluding hydrogens is 494 g/mol. The molecule has 39 heavy (non-hydrogen) atoms. The number of nitrogens with zero attached hydrogens (tertiary/aromatic N) is 1. The molecule has 0 radical (unpaired) electrons. The van der Waals surface area contributed by atoms with Crippen molar-refractivity contribution in [2.24, 2.45) is 0 Å². The Hall–Kier alpha value is -3.58. The van der Waals surface area contributed by atoms with E-state index in [0.29, 0.717) is 29.7 Å². The Kier molecular flexibility index (Phi) is 8.50. The van der Waals surface area contributed by atoms with E-state index in [1.807, 2.05) is 37.3 Å². The first kappa shape index (κ1) is 28.4. The number of aliphatic hydroxyl groups is 1. The van der Waals surface area contributed by atoms with Gasteiger partial charge in [-0.15, -0.1) is 0 Å². The molecule has 2 aliphatic rings. The molecule has 3 atom stereocenters. The summed E-state index contributed by atoms with van der Waals surface area (Å²) in [5.41, 5.74) is 3.75. The van der Waals surface area contributed by atoms with Crippen LogP contribution < -0.4 is 4.74 Å². The smallest absolute Gasteiger partial charge is 0.326 e. The summed E-state index contributed by atoms with van der Waals surface area (Å²) in [6.45, 7) is 8.20. The number of amides is 1. The minimum absolute atomic E-state index is 0.0656. The zero-order valence-corrected chi connectivity index (χ0v) is 23.2. The number of hydrogen-bond acceptors (Lipinski definition) is 5. The standard InChI is InChI=1S/C32H39NO6/c1-20(2)10-8-11-21(3)12-9-15-32(4)28(35)18-24-27(34)17-23-25(29(24)39-32)19-33(30(23)36)26(31(37)38)16-22-13-6-5-7-14-22/h5-7,10,12-14,17,26,28,34-35H,8-9,11,15-16,18-19H2,1-4H3,(H,37,38)/b21-12+/t26-,28-,32-/m1/s1. The van der Waals surface area contributed by atoms with Crippen LogP contribution in [0.3, 0.4) is 0 Å². The molecule has 2 aromatic rings. The van der Waals surface area contributed by atoms with Gasteiger partial charge in [0.15, 0.2) is 0 Å². The first-order valence-corrected chi connectivity index (χ1v) is 13.6. The monoisotopic (exact) mass is 533 g/mol. The second kappa shape index (κ2) is 11.7. The topological polar surface area (TPSA) is 107 Å². The quantitative estimate of drug-likeness (QED) is 0.345. The van der Waals surface area contributed by atoms with Crippen molar-refractivity contribution in [3.63, 3.8) is 0 Å². The summed E-state index contributed by atoms with van der Waals surface area (Å²) in [4.78, 5) is 27.0. The van der Waals surface area contributed by atoms with Crippen LogP contribution in [0.25, 0.3) is 0 Å². The Morgan fingerprint density at radius 2 is 1.87 bits per heavy atom. The van der Waals surface area contributed by atoms with E-state index in [4.69, 9.17) is 4.74 Å². The minimum atomic E-state index is -1.09. The van der Waals surface area contributed by atoms with Gasteiger partial charge < -0.3 is 25.0 Å². The lowest BCUT2D eigenvalue weighted by molar-refractivity contribution is -0.142. The highest BCUT2D eigenvalue weighted by molar-refractivity contribution is 6.02. The van der Waals surface area contributed by atoms with E-state index in [0.717, 1.165) is 18.4 Å². The van der Waals surface area contributed by atoms with Crippen LogP contribution >= 0.6 is 0 Å². The van der Waals surface area contributed by atoms with Crippen molar-refractivity contribution in [2.75, 3.05) is 0 Å². The Morgan fingerprint density at radius 1 is 1.15 bits per heavy atom. The van der Waals surface area contributed by atoms with Crippen LogP contribution in [0.4, 0.5) is 0 Å². The van der Waals surface area contributed by atoms with E-state index in [1.165, 1.54) is 22.1 Å². The average Bonchev–Trinajstić information content (AvgIpc) is 3.20. The first-order valence-electron chi connectivity index (χ1n) is 13.6. The van der Waals surface area contributed by atoms with Crippen molar-refractivity contribution in [1.29, 1.82) is 0 Å². The van der Waals surface area contributed by atoms with Crippen molar-refractivity contribution in [3.8, 4) is 11.5 Å². The number of hydrogen-bond donors (Lipinski definition) is 3. The predicted octanol–water partition coefficient (Wildman–Crippen LogP) is 5.57. The number of carbonyl (C=O) groups excluding carboxylic acids is 1. The molecule has 1 amide bonds. The fourth-order valence-electron chi connectivity index (χ4n) is 5.44. The van der Waals surface area contributed by atoms with E-state index in [9.17, 15) is 24.9 Å². The molecule has 2 aromatic carbocycles. The molecular formula is C32H39NO6. The Morgan fingerprint density at radius 3 is 2.54 bits per heavy atom. The van der Waals surface area contributed by atoms with Gasteiger partial charge in [0.25, 0.3) is 5.91 Å². The highest BCUT2D eigenvalue weighted by Crippen LogP contribution is 2.46. The number of phenols is 1. The molecule has 2 aliphatic heterocycles. The van der Waals surface area contributed by atoms with Crippen LogP contribution in [0.15, 0.2) is 59.7 Å². The number of allylic oxidation sites excluding steroid dienone is 4. The maximum atomic E-state index is 13.4. The molecule has 4 rings (SSSR count). The Labute approximate surface area is 230 Å². The van der Waals surface area contributed by atoms with Gasteiger partial charge in [-0.2, -0.15) is 0 Å². The highest BCUT2D eigenvalue weighted by Gasteiger charge is 2.45. The molecule has 7 nitrogen and oxygen atoms in total. The fourth-order valence-corrected chi connectivity index (χ4v) is 5.44. The molecule has 2 heterocycles. The van der Waals surface area contributed by atoms with E-state index >= 15 is 0 Å². The number of rotatable bonds is 10. The number of carbonyl (C=O) groups is 2. The van der Waals surface area contributed by atoms with Gasteiger partial charge in [-0.05, 0) is 65.0 Å². The first-order chi connectivity index (χ1) is 18.5. The van der Waals surface area contributed by atoms with Gasteiger partial charge in [0.2, 0.25) is 0 Å². The Bertz CT molecular complexity index is 1290. The van der Waals surface area contributed by atoms with Gasteiger partial charge in [0.05, 0.1) is 18.2 Å². The molecule has 0 fully saturated rings. The van der Waals surface area contributed by atoms with Crippen LogP contribution in [0, 0.1) is 0 Å². The van der Waals surface area contributed by atoms with Crippen molar-refractivity contribution in [1.82, 2.24) is 4.90 Å². The molecule has 0 spiro atoms. The number of phenolic OH excluding ortho intramolecular Hbond substituents is 1. The summed E-state index contributed by atoms with van der Waals surface area (Å²) in [6, 6.07) is 9.53. The summed E-state index contributed by atoms with van der Waals surface area (Å²) in [6.07, 6.45) is 7.15. The number of aliphatic carboxylic acids is 1. The largest absolute Gasteiger partial charge is 0.508 e. The zero-order chi connectivity index (χ0) is 28.3. The van der Waals surface area contributed by atoms with Crippen LogP contribution in [-0.2, 0) is 24.2 Å². The summed E-state index contributed by atoms with van der Waals surface area (Å²) >= 11 is 0. The van der Waals surface area contributed by atoms with Crippen molar-refractivity contribution in [2.45, 2.75) is 90.5 Å². The van der Waals surface area contributed by atoms with E-state index in [2.05, 4.69) is 32.9 Å². The average molecular weight is 534 g/mol. The zero-order valence-electron chi connectivity index (χ0n) is 23.2. The van der Waals surface area contributed by atoms with E-state index < -0.39 is 29.6 Å². The molecule has 7 heteroatoms. The van der Waals surface area contributed by atoms with Crippen LogP contribution in [0.5, 0.6) is 11.5 Å². The minimum Gasteiger partial charge on any atom is -0.508 e. The van der Waals surface area contributed by atoms with Gasteiger partial charge in [-0.3, -0.25) is 4.79 Å². The number of aromatic hydroxyl groups is 1. The molecule has 0 unspecified atom stereocenters. The van der Waals surface area contributed by atoms with Gasteiger partial charge >= 0.3 is 5.97 Å². The van der Waals surface area contributed by atoms with Crippen molar-refractivity contribution >= 4 is 11.9 Å². The molecule has 0 bridgehead atoms. The summed E-state index contributed by atoms with van der Waals surface area (Å²) in [5, 5.41) is 31.8. The van der Waals surface area contributed by atoms with Crippen molar-refractivity contribution < 1.29 is 29.6 Å². The molecule has 0 aliphatic carbocycles. The third kappa shape index (κ3) is 6.19. The lowest BCUT2D eigenvalue weighted by atomic mass is 9.84. The van der Waals surface area contributed by atoms with Gasteiger partial charge in [0.1, 0.15) is 23.1 Å². The third-order valence-corrected chi connectivity index (χ3v) is 7.88. The second-order valence-electron chi connectivity index (χ2n) is 11.3. The molecule has 208 valence electrons. The molecule has 0 saturated carbocycles. The van der Waals surface area contributed by atoms with Gasteiger partial charge in [-0.25, -0.2) is 4.79 Å². The SMILES string of the molecule is CC(C)=CCC/C(C)=C/CC[C@@]1(C)Oc2c(c(O)cc3c2CN([C@H](Cc2ccccc2)C(=O)O)C3=O)C[C@H]1O. The highest BCUT2D eigenvalue weighted by atomic mass is 16.5. The van der Waals surface area contributed by atoms with Crippen molar-refractivity contribution in [3.05, 3.63) is 82.0 Å². The third-order valence-electron chi connectivity index (χ3n) is 7.88. The lowest BCUT2D eigenvalue weighted by Crippen LogP contribution is -2.49. The second-order valence-corrected chi connectivity index (χ2v) is 11.3. The molecule has 0 saturated heterocycles.